The maximum absolute atomic E-state index is 13.6. The monoisotopic (exact) mass is 535 g/mol. The number of ketones is 1. The normalized spacial score (nSPS) is 36.1. The van der Waals surface area contributed by atoms with Gasteiger partial charge in [0.2, 0.25) is 0 Å². The van der Waals surface area contributed by atoms with E-state index in [2.05, 4.69) is 11.9 Å². The smallest absolute Gasteiger partial charge is 0.309 e. The summed E-state index contributed by atoms with van der Waals surface area (Å²) in [4.78, 5) is 31.2. The van der Waals surface area contributed by atoms with Crippen molar-refractivity contribution in [2.24, 2.45) is 17.3 Å². The van der Waals surface area contributed by atoms with Crippen LogP contribution < -0.4 is 0 Å². The van der Waals surface area contributed by atoms with E-state index >= 15 is 0 Å². The fourth-order valence-corrected chi connectivity index (χ4v) is 6.04. The molecule has 7 nitrogen and oxygen atoms in total. The number of aryl methyl sites for hydroxylation is 1. The zero-order valence-corrected chi connectivity index (χ0v) is 24.3. The number of aliphatic hydroxyl groups excluding tert-OH is 2. The van der Waals surface area contributed by atoms with Gasteiger partial charge >= 0.3 is 5.97 Å². The summed E-state index contributed by atoms with van der Waals surface area (Å²) < 4.78 is 12.0. The average molecular weight is 536 g/mol. The first-order chi connectivity index (χ1) is 17.3. The van der Waals surface area contributed by atoms with Crippen LogP contribution in [-0.2, 0) is 19.1 Å². The highest BCUT2D eigenvalue weighted by Crippen LogP contribution is 2.45. The summed E-state index contributed by atoms with van der Waals surface area (Å²) >= 11 is 1.56. The number of hydrogen-bond donors (Lipinski definition) is 2. The van der Waals surface area contributed by atoms with Crippen molar-refractivity contribution >= 4 is 29.2 Å². The van der Waals surface area contributed by atoms with Gasteiger partial charge in [-0.05, 0) is 57.6 Å². The van der Waals surface area contributed by atoms with Crippen LogP contribution in [0.3, 0.4) is 0 Å². The van der Waals surface area contributed by atoms with Gasteiger partial charge in [-0.3, -0.25) is 9.59 Å². The molecule has 7 atom stereocenters. The van der Waals surface area contributed by atoms with Crippen LogP contribution in [0, 0.1) is 24.2 Å². The van der Waals surface area contributed by atoms with Crippen molar-refractivity contribution in [1.82, 2.24) is 4.98 Å². The molecule has 2 saturated heterocycles. The van der Waals surface area contributed by atoms with Gasteiger partial charge in [-0.15, -0.1) is 11.3 Å². The van der Waals surface area contributed by atoms with Gasteiger partial charge in [-0.1, -0.05) is 40.5 Å². The van der Waals surface area contributed by atoms with Crippen LogP contribution in [-0.4, -0.2) is 57.0 Å². The maximum atomic E-state index is 13.6. The Kier molecular flexibility index (Phi) is 9.76. The molecule has 37 heavy (non-hydrogen) atoms. The lowest BCUT2D eigenvalue weighted by molar-refractivity contribution is -0.154. The fraction of sp³-hybridized carbons (Fsp3) is 0.759. The Morgan fingerprint density at radius 2 is 1.97 bits per heavy atom. The Labute approximate surface area is 225 Å². The fourth-order valence-electron chi connectivity index (χ4n) is 5.47. The highest BCUT2D eigenvalue weighted by molar-refractivity contribution is 7.09. The summed E-state index contributed by atoms with van der Waals surface area (Å²) in [6.45, 7) is 13.2. The average Bonchev–Trinajstić information content (AvgIpc) is 3.27. The molecule has 8 heteroatoms. The van der Waals surface area contributed by atoms with Crippen LogP contribution in [0.5, 0.6) is 0 Å². The number of hydrogen-bond acceptors (Lipinski definition) is 8. The molecule has 3 heterocycles. The number of nitrogens with zero attached hydrogens (tertiary/aromatic N) is 1. The number of aromatic nitrogens is 1. The molecule has 0 spiro atoms. The zero-order valence-electron chi connectivity index (χ0n) is 23.5. The van der Waals surface area contributed by atoms with Crippen LogP contribution in [0.15, 0.2) is 11.0 Å². The second-order valence-corrected chi connectivity index (χ2v) is 12.9. The van der Waals surface area contributed by atoms with Crippen LogP contribution in [0.1, 0.15) is 97.2 Å². The maximum Gasteiger partial charge on any atom is 0.309 e. The molecule has 208 valence electrons. The summed E-state index contributed by atoms with van der Waals surface area (Å²) in [5, 5.41) is 25.1. The van der Waals surface area contributed by atoms with E-state index in [0.717, 1.165) is 42.0 Å². The molecular formula is C29H45NO6S. The van der Waals surface area contributed by atoms with Gasteiger partial charge in [0, 0.05) is 17.7 Å². The summed E-state index contributed by atoms with van der Waals surface area (Å²) in [5.74, 6) is -1.42. The zero-order chi connectivity index (χ0) is 27.5. The molecule has 2 aliphatic heterocycles. The van der Waals surface area contributed by atoms with Crippen LogP contribution >= 0.6 is 11.3 Å². The number of aliphatic hydroxyl groups is 2. The third kappa shape index (κ3) is 7.28. The lowest BCUT2D eigenvalue weighted by Gasteiger charge is -2.36. The molecule has 0 saturated carbocycles. The highest BCUT2D eigenvalue weighted by atomic mass is 32.1. The first-order valence-corrected chi connectivity index (χ1v) is 14.5. The molecule has 0 bridgehead atoms. The number of thiazole rings is 1. The Hall–Kier alpha value is -1.61. The van der Waals surface area contributed by atoms with Crippen molar-refractivity contribution in [2.75, 3.05) is 0 Å². The number of cyclic esters (lactones) is 1. The van der Waals surface area contributed by atoms with Crippen molar-refractivity contribution in [3.63, 3.8) is 0 Å². The largest absolute Gasteiger partial charge is 0.458 e. The lowest BCUT2D eigenvalue weighted by atomic mass is 9.71. The molecule has 0 amide bonds. The third-order valence-electron chi connectivity index (χ3n) is 8.35. The van der Waals surface area contributed by atoms with E-state index in [-0.39, 0.29) is 29.8 Å². The van der Waals surface area contributed by atoms with Crippen molar-refractivity contribution in [3.05, 3.63) is 21.7 Å². The summed E-state index contributed by atoms with van der Waals surface area (Å²) in [6.07, 6.45) is 3.32. The molecule has 1 aromatic heterocycles. The number of Topliss-reactive ketones (excluding diaryl/α,β-unsaturated/α-hetero) is 1. The summed E-state index contributed by atoms with van der Waals surface area (Å²) in [5.41, 5.74) is 0.184. The minimum absolute atomic E-state index is 0.0465. The second kappa shape index (κ2) is 12.1. The van der Waals surface area contributed by atoms with E-state index in [4.69, 9.17) is 9.47 Å². The molecule has 2 fully saturated rings. The first-order valence-electron chi connectivity index (χ1n) is 13.7. The second-order valence-electron chi connectivity index (χ2n) is 11.9. The van der Waals surface area contributed by atoms with Gasteiger partial charge in [0.1, 0.15) is 11.9 Å². The highest BCUT2D eigenvalue weighted by Gasteiger charge is 2.53. The van der Waals surface area contributed by atoms with Crippen molar-refractivity contribution in [2.45, 2.75) is 123 Å². The van der Waals surface area contributed by atoms with Crippen molar-refractivity contribution in [3.8, 4) is 0 Å². The van der Waals surface area contributed by atoms with E-state index in [0.29, 0.717) is 12.8 Å². The minimum Gasteiger partial charge on any atom is -0.458 e. The quantitative estimate of drug-likeness (QED) is 0.400. The predicted molar refractivity (Wildman–Crippen MR) is 145 cm³/mol. The number of rotatable bonds is 4. The van der Waals surface area contributed by atoms with Gasteiger partial charge in [0.05, 0.1) is 46.5 Å². The molecule has 0 unspecified atom stereocenters. The van der Waals surface area contributed by atoms with Crippen molar-refractivity contribution in [1.29, 1.82) is 0 Å². The van der Waals surface area contributed by atoms with Crippen LogP contribution in [0.4, 0.5) is 0 Å². The number of epoxide rings is 1. The van der Waals surface area contributed by atoms with Gasteiger partial charge in [-0.25, -0.2) is 4.98 Å². The van der Waals surface area contributed by atoms with E-state index in [1.54, 1.807) is 25.2 Å². The number of ether oxygens (including phenoxy) is 2. The lowest BCUT2D eigenvalue weighted by Crippen LogP contribution is -2.46. The SMILES string of the molecule is CCC[C@H]1C(=O)C(C)(C)[C@@H](O)CC(=O)O[C@H](/C(C)=C/c2csc(C)n2)C[C@H]2O[C@@]2(C)CCC[C@@H](C)[C@H]1O. The Morgan fingerprint density at radius 3 is 2.59 bits per heavy atom. The number of carbonyl (C=O) groups excluding carboxylic acids is 2. The molecular weight excluding hydrogens is 490 g/mol. The molecule has 2 aliphatic rings. The Bertz CT molecular complexity index is 987. The molecule has 0 aromatic carbocycles. The molecule has 2 N–H and O–H groups in total. The number of carbonyl (C=O) groups is 2. The summed E-state index contributed by atoms with van der Waals surface area (Å²) in [6, 6.07) is 0. The Morgan fingerprint density at radius 1 is 1.27 bits per heavy atom. The molecule has 3 rings (SSSR count). The standard InChI is InChI=1S/C29H45NO6S/c1-8-10-21-26(33)17(2)11-9-12-29(7)24(36-29)14-22(18(3)13-20-16-37-19(4)30-20)35-25(32)15-23(31)28(5,6)27(21)34/h13,16-17,21-24,26,31,33H,8-12,14-15H2,1-7H3/b18-13+/t17-,21-,22+,23+,24-,26-,29+/m1/s1. The van der Waals surface area contributed by atoms with E-state index in [9.17, 15) is 19.8 Å². The number of fused-ring (bicyclic) bond motifs is 1. The van der Waals surface area contributed by atoms with Crippen molar-refractivity contribution < 1.29 is 29.3 Å². The number of esters is 1. The molecule has 0 radical (unpaired) electrons. The van der Waals surface area contributed by atoms with Crippen LogP contribution in [0.2, 0.25) is 0 Å². The predicted octanol–water partition coefficient (Wildman–Crippen LogP) is 5.26. The topological polar surface area (TPSA) is 109 Å². The van der Waals surface area contributed by atoms with Gasteiger partial charge in [0.25, 0.3) is 0 Å². The van der Waals surface area contributed by atoms with Gasteiger partial charge in [-0.2, -0.15) is 0 Å². The summed E-state index contributed by atoms with van der Waals surface area (Å²) in [7, 11) is 0. The molecule has 0 aliphatic carbocycles. The Balaban J connectivity index is 1.88. The van der Waals surface area contributed by atoms with Gasteiger partial charge in [0.15, 0.2) is 0 Å². The van der Waals surface area contributed by atoms with E-state index in [1.807, 2.05) is 39.2 Å². The molecule has 1 aromatic rings. The first kappa shape index (κ1) is 29.9. The van der Waals surface area contributed by atoms with Crippen LogP contribution in [0.25, 0.3) is 6.08 Å². The third-order valence-corrected chi connectivity index (χ3v) is 9.14. The van der Waals surface area contributed by atoms with Gasteiger partial charge < -0.3 is 19.7 Å². The van der Waals surface area contributed by atoms with E-state index in [1.165, 1.54) is 0 Å². The van der Waals surface area contributed by atoms with E-state index < -0.39 is 35.6 Å². The minimum atomic E-state index is -1.23.